The Balaban J connectivity index is 1.85. The van der Waals surface area contributed by atoms with Gasteiger partial charge in [-0.1, -0.05) is 41.9 Å². The third kappa shape index (κ3) is 5.63. The van der Waals surface area contributed by atoms with Crippen molar-refractivity contribution in [1.29, 1.82) is 0 Å². The normalized spacial score (nSPS) is 11.2. The molecule has 2 rings (SSSR count). The van der Waals surface area contributed by atoms with Crippen molar-refractivity contribution in [3.63, 3.8) is 0 Å². The first-order chi connectivity index (χ1) is 11.8. The number of nitrogens with zero attached hydrogens (tertiary/aromatic N) is 2. The lowest BCUT2D eigenvalue weighted by Gasteiger charge is -2.17. The van der Waals surface area contributed by atoms with Crippen LogP contribution in [0.3, 0.4) is 0 Å². The molecule has 134 valence electrons. The first kappa shape index (κ1) is 19.1. The Labute approximate surface area is 148 Å². The molecule has 0 atom stereocenters. The highest BCUT2D eigenvalue weighted by molar-refractivity contribution is 6.32. The third-order valence-electron chi connectivity index (χ3n) is 3.49. The highest BCUT2D eigenvalue weighted by Crippen LogP contribution is 2.32. The quantitative estimate of drug-likeness (QED) is 0.827. The van der Waals surface area contributed by atoms with Crippen LogP contribution in [0.4, 0.5) is 19.0 Å². The maximum absolute atomic E-state index is 12.6. The average Bonchev–Trinajstić information content (AvgIpc) is 2.56. The largest absolute Gasteiger partial charge is 0.417 e. The zero-order chi connectivity index (χ0) is 18.4. The van der Waals surface area contributed by atoms with Crippen LogP contribution < -0.4 is 5.32 Å². The van der Waals surface area contributed by atoms with Gasteiger partial charge in [0.25, 0.3) is 0 Å². The van der Waals surface area contributed by atoms with Gasteiger partial charge < -0.3 is 10.2 Å². The summed E-state index contributed by atoms with van der Waals surface area (Å²) in [6.45, 7) is 0.703. The number of benzene rings is 1. The van der Waals surface area contributed by atoms with E-state index in [1.165, 1.54) is 0 Å². The smallest absolute Gasteiger partial charge is 0.368 e. The molecular weight excluding hydrogens is 355 g/mol. The number of rotatable bonds is 6. The number of amides is 1. The van der Waals surface area contributed by atoms with Gasteiger partial charge in [-0.3, -0.25) is 4.79 Å². The van der Waals surface area contributed by atoms with Crippen molar-refractivity contribution in [2.24, 2.45) is 0 Å². The molecule has 0 saturated carbocycles. The Bertz CT molecular complexity index is 723. The molecule has 0 aliphatic carbocycles. The predicted molar refractivity (Wildman–Crippen MR) is 90.3 cm³/mol. The summed E-state index contributed by atoms with van der Waals surface area (Å²) in [6, 6.07) is 10.3. The highest BCUT2D eigenvalue weighted by atomic mass is 35.5. The second-order valence-electron chi connectivity index (χ2n) is 5.46. The molecule has 0 unspecified atom stereocenters. The average molecular weight is 372 g/mol. The monoisotopic (exact) mass is 371 g/mol. The summed E-state index contributed by atoms with van der Waals surface area (Å²) in [5.41, 5.74) is 0.0977. The standard InChI is InChI=1S/C17H17ClF3N3O/c1-24(11-12-5-3-2-4-6-12)15(25)7-8-22-16-14(18)9-13(10-23-16)17(19,20)21/h2-6,9-10H,7-8,11H2,1H3,(H,22,23). The topological polar surface area (TPSA) is 45.2 Å². The Morgan fingerprint density at radius 2 is 1.96 bits per heavy atom. The van der Waals surface area contributed by atoms with E-state index in [0.717, 1.165) is 11.6 Å². The van der Waals surface area contributed by atoms with Crippen molar-refractivity contribution in [3.05, 3.63) is 58.7 Å². The van der Waals surface area contributed by atoms with E-state index in [9.17, 15) is 18.0 Å². The second-order valence-corrected chi connectivity index (χ2v) is 5.87. The maximum Gasteiger partial charge on any atom is 0.417 e. The van der Waals surface area contributed by atoms with Crippen LogP contribution in [0.5, 0.6) is 0 Å². The molecule has 1 aromatic carbocycles. The lowest BCUT2D eigenvalue weighted by molar-refractivity contribution is -0.137. The lowest BCUT2D eigenvalue weighted by Crippen LogP contribution is -2.27. The van der Waals surface area contributed by atoms with Gasteiger partial charge in [0.2, 0.25) is 5.91 Å². The van der Waals surface area contributed by atoms with E-state index in [4.69, 9.17) is 11.6 Å². The lowest BCUT2D eigenvalue weighted by atomic mass is 10.2. The van der Waals surface area contributed by atoms with Crippen LogP contribution in [-0.2, 0) is 17.5 Å². The number of anilines is 1. The van der Waals surface area contributed by atoms with Crippen LogP contribution in [-0.4, -0.2) is 29.4 Å². The molecule has 2 aromatic rings. The summed E-state index contributed by atoms with van der Waals surface area (Å²) in [5, 5.41) is 2.64. The minimum atomic E-state index is -4.49. The molecule has 0 fully saturated rings. The fraction of sp³-hybridized carbons (Fsp3) is 0.294. The number of halogens is 4. The zero-order valence-corrected chi connectivity index (χ0v) is 14.2. The van der Waals surface area contributed by atoms with E-state index in [2.05, 4.69) is 10.3 Å². The molecular formula is C17H17ClF3N3O. The van der Waals surface area contributed by atoms with Crippen molar-refractivity contribution in [2.75, 3.05) is 18.9 Å². The Kier molecular flexibility index (Phi) is 6.25. The van der Waals surface area contributed by atoms with Crippen LogP contribution in [0, 0.1) is 0 Å². The summed E-state index contributed by atoms with van der Waals surface area (Å²) in [7, 11) is 1.69. The number of carbonyl (C=O) groups is 1. The molecule has 4 nitrogen and oxygen atoms in total. The van der Waals surface area contributed by atoms with Gasteiger partial charge in [-0.25, -0.2) is 4.98 Å². The van der Waals surface area contributed by atoms with E-state index in [0.29, 0.717) is 12.7 Å². The van der Waals surface area contributed by atoms with Gasteiger partial charge in [-0.05, 0) is 11.6 Å². The minimum absolute atomic E-state index is 0.0978. The van der Waals surface area contributed by atoms with Crippen molar-refractivity contribution in [1.82, 2.24) is 9.88 Å². The van der Waals surface area contributed by atoms with Gasteiger partial charge in [0.15, 0.2) is 0 Å². The molecule has 1 aromatic heterocycles. The number of hydrogen-bond donors (Lipinski definition) is 1. The first-order valence-corrected chi connectivity index (χ1v) is 7.89. The van der Waals surface area contributed by atoms with E-state index in [-0.39, 0.29) is 29.7 Å². The summed E-state index contributed by atoms with van der Waals surface area (Å²) in [5.74, 6) is 0.0209. The van der Waals surface area contributed by atoms with E-state index in [1.54, 1.807) is 11.9 Å². The van der Waals surface area contributed by atoms with Crippen molar-refractivity contribution < 1.29 is 18.0 Å². The Morgan fingerprint density at radius 1 is 1.28 bits per heavy atom. The summed E-state index contributed by atoms with van der Waals surface area (Å²) >= 11 is 5.80. The Hall–Kier alpha value is -2.28. The summed E-state index contributed by atoms with van der Waals surface area (Å²) in [6.07, 6.45) is -3.62. The molecule has 1 amide bonds. The molecule has 8 heteroatoms. The van der Waals surface area contributed by atoms with Crippen molar-refractivity contribution >= 4 is 23.3 Å². The number of carbonyl (C=O) groups excluding carboxylic acids is 1. The van der Waals surface area contributed by atoms with Crippen LogP contribution in [0.15, 0.2) is 42.6 Å². The number of aromatic nitrogens is 1. The number of alkyl halides is 3. The van der Waals surface area contributed by atoms with Gasteiger partial charge in [0, 0.05) is 32.8 Å². The molecule has 25 heavy (non-hydrogen) atoms. The van der Waals surface area contributed by atoms with Crippen LogP contribution in [0.1, 0.15) is 17.5 Å². The third-order valence-corrected chi connectivity index (χ3v) is 3.78. The predicted octanol–water partition coefficient (Wildman–Crippen LogP) is 4.21. The summed E-state index contributed by atoms with van der Waals surface area (Å²) < 4.78 is 37.7. The van der Waals surface area contributed by atoms with Crippen LogP contribution >= 0.6 is 11.6 Å². The molecule has 0 radical (unpaired) electrons. The fourth-order valence-corrected chi connectivity index (χ4v) is 2.38. The summed E-state index contributed by atoms with van der Waals surface area (Å²) in [4.78, 5) is 17.3. The maximum atomic E-state index is 12.6. The van der Waals surface area contributed by atoms with Gasteiger partial charge in [0.1, 0.15) is 5.82 Å². The highest BCUT2D eigenvalue weighted by Gasteiger charge is 2.31. The SMILES string of the molecule is CN(Cc1ccccc1)C(=O)CCNc1ncc(C(F)(F)F)cc1Cl. The van der Waals surface area contributed by atoms with Gasteiger partial charge in [-0.2, -0.15) is 13.2 Å². The number of nitrogens with one attached hydrogen (secondary N) is 1. The van der Waals surface area contributed by atoms with E-state index >= 15 is 0 Å². The second kappa shape index (κ2) is 8.20. The van der Waals surface area contributed by atoms with Crippen molar-refractivity contribution in [2.45, 2.75) is 19.1 Å². The van der Waals surface area contributed by atoms with Gasteiger partial charge in [-0.15, -0.1) is 0 Å². The van der Waals surface area contributed by atoms with Gasteiger partial charge in [0.05, 0.1) is 10.6 Å². The molecule has 0 aliphatic heterocycles. The molecule has 0 aliphatic rings. The van der Waals surface area contributed by atoms with Crippen LogP contribution in [0.2, 0.25) is 5.02 Å². The molecule has 1 N–H and O–H groups in total. The fourth-order valence-electron chi connectivity index (χ4n) is 2.15. The first-order valence-electron chi connectivity index (χ1n) is 7.52. The van der Waals surface area contributed by atoms with E-state index < -0.39 is 11.7 Å². The molecule has 0 spiro atoms. The van der Waals surface area contributed by atoms with Crippen molar-refractivity contribution in [3.8, 4) is 0 Å². The number of hydrogen-bond acceptors (Lipinski definition) is 3. The zero-order valence-electron chi connectivity index (χ0n) is 13.5. The molecule has 1 heterocycles. The number of pyridine rings is 1. The molecule has 0 saturated heterocycles. The van der Waals surface area contributed by atoms with Crippen LogP contribution in [0.25, 0.3) is 0 Å². The van der Waals surface area contributed by atoms with Gasteiger partial charge >= 0.3 is 6.18 Å². The minimum Gasteiger partial charge on any atom is -0.368 e. The Morgan fingerprint density at radius 3 is 2.56 bits per heavy atom. The molecule has 0 bridgehead atoms. The van der Waals surface area contributed by atoms with E-state index in [1.807, 2.05) is 30.3 Å².